The van der Waals surface area contributed by atoms with Crippen molar-refractivity contribution in [3.8, 4) is 0 Å². The van der Waals surface area contributed by atoms with E-state index in [2.05, 4.69) is 31.0 Å². The van der Waals surface area contributed by atoms with Gasteiger partial charge in [0.05, 0.1) is 18.6 Å². The Bertz CT molecular complexity index is 526. The van der Waals surface area contributed by atoms with Crippen molar-refractivity contribution in [1.29, 1.82) is 0 Å². The third kappa shape index (κ3) is 3.71. The number of nitrogen functional groups attached to an aromatic ring is 1. The van der Waals surface area contributed by atoms with Crippen LogP contribution in [0.15, 0.2) is 24.8 Å². The SMILES string of the molecule is NNc1cncc(C(=O)NCCCn2ccnn2)n1. The third-order valence-electron chi connectivity index (χ3n) is 2.34. The minimum atomic E-state index is -0.289. The molecule has 1 amide bonds. The van der Waals surface area contributed by atoms with Crippen molar-refractivity contribution in [3.05, 3.63) is 30.5 Å². The molecule has 0 radical (unpaired) electrons. The number of aromatic nitrogens is 5. The average Bonchev–Trinajstić information content (AvgIpc) is 2.96. The van der Waals surface area contributed by atoms with Crippen LogP contribution in [0.3, 0.4) is 0 Å². The summed E-state index contributed by atoms with van der Waals surface area (Å²) in [5.74, 6) is 5.25. The molecule has 9 nitrogen and oxygen atoms in total. The smallest absolute Gasteiger partial charge is 0.271 e. The molecule has 19 heavy (non-hydrogen) atoms. The van der Waals surface area contributed by atoms with Crippen molar-refractivity contribution in [2.24, 2.45) is 5.84 Å². The molecule has 0 aliphatic carbocycles. The molecule has 0 spiro atoms. The second kappa shape index (κ2) is 6.40. The number of aryl methyl sites for hydroxylation is 1. The van der Waals surface area contributed by atoms with Gasteiger partial charge < -0.3 is 10.7 Å². The van der Waals surface area contributed by atoms with E-state index in [9.17, 15) is 4.79 Å². The molecule has 9 heteroatoms. The fraction of sp³-hybridized carbons (Fsp3) is 0.300. The van der Waals surface area contributed by atoms with Crippen LogP contribution in [0.25, 0.3) is 0 Å². The summed E-state index contributed by atoms with van der Waals surface area (Å²) in [7, 11) is 0. The molecule has 2 heterocycles. The van der Waals surface area contributed by atoms with Crippen molar-refractivity contribution >= 4 is 11.7 Å². The van der Waals surface area contributed by atoms with E-state index >= 15 is 0 Å². The number of carbonyl (C=O) groups is 1. The zero-order chi connectivity index (χ0) is 13.5. The number of rotatable bonds is 6. The summed E-state index contributed by atoms with van der Waals surface area (Å²) in [5, 5.41) is 10.3. The molecule has 2 aromatic heterocycles. The molecule has 0 unspecified atom stereocenters. The van der Waals surface area contributed by atoms with Gasteiger partial charge in [0.2, 0.25) is 0 Å². The molecule has 0 saturated heterocycles. The summed E-state index contributed by atoms with van der Waals surface area (Å²) in [5.41, 5.74) is 2.55. The van der Waals surface area contributed by atoms with E-state index < -0.39 is 0 Å². The quantitative estimate of drug-likeness (QED) is 0.353. The number of hydrogen-bond acceptors (Lipinski definition) is 7. The molecule has 0 bridgehead atoms. The van der Waals surface area contributed by atoms with Gasteiger partial charge in [-0.25, -0.2) is 10.8 Å². The van der Waals surface area contributed by atoms with Crippen LogP contribution < -0.4 is 16.6 Å². The molecule has 0 fully saturated rings. The van der Waals surface area contributed by atoms with Crippen LogP contribution in [-0.4, -0.2) is 37.4 Å². The summed E-state index contributed by atoms with van der Waals surface area (Å²) in [6, 6.07) is 0. The molecule has 4 N–H and O–H groups in total. The first kappa shape index (κ1) is 12.9. The van der Waals surface area contributed by atoms with Gasteiger partial charge in [-0.05, 0) is 6.42 Å². The minimum Gasteiger partial charge on any atom is -0.351 e. The lowest BCUT2D eigenvalue weighted by molar-refractivity contribution is 0.0947. The van der Waals surface area contributed by atoms with E-state index in [0.717, 1.165) is 6.42 Å². The molecular formula is C10H14N8O. The van der Waals surface area contributed by atoms with Gasteiger partial charge in [0, 0.05) is 19.3 Å². The van der Waals surface area contributed by atoms with E-state index in [1.807, 2.05) is 0 Å². The average molecular weight is 262 g/mol. The van der Waals surface area contributed by atoms with E-state index in [0.29, 0.717) is 18.9 Å². The predicted molar refractivity (Wildman–Crippen MR) is 66.8 cm³/mol. The maximum absolute atomic E-state index is 11.8. The van der Waals surface area contributed by atoms with Gasteiger partial charge in [-0.15, -0.1) is 5.10 Å². The second-order valence-corrected chi connectivity index (χ2v) is 3.71. The lowest BCUT2D eigenvalue weighted by atomic mass is 10.3. The normalized spacial score (nSPS) is 10.2. The summed E-state index contributed by atoms with van der Waals surface area (Å²) >= 11 is 0. The van der Waals surface area contributed by atoms with Crippen molar-refractivity contribution < 1.29 is 4.79 Å². The summed E-state index contributed by atoms with van der Waals surface area (Å²) in [6.07, 6.45) is 6.94. The first-order valence-electron chi connectivity index (χ1n) is 5.70. The highest BCUT2D eigenvalue weighted by Crippen LogP contribution is 1.99. The number of anilines is 1. The standard InChI is InChI=1S/C10H14N8O/c11-16-9-7-12-6-8(15-9)10(19)13-2-1-4-18-5-3-14-17-18/h3,5-7H,1-2,4,11H2,(H,13,19)(H,15,16). The Morgan fingerprint density at radius 3 is 3.05 bits per heavy atom. The number of hydrazine groups is 1. The van der Waals surface area contributed by atoms with Crippen molar-refractivity contribution in [2.45, 2.75) is 13.0 Å². The second-order valence-electron chi connectivity index (χ2n) is 3.71. The molecule has 2 rings (SSSR count). The van der Waals surface area contributed by atoms with Crippen LogP contribution in [-0.2, 0) is 6.54 Å². The maximum Gasteiger partial charge on any atom is 0.271 e. The van der Waals surface area contributed by atoms with Gasteiger partial charge in [-0.1, -0.05) is 5.21 Å². The van der Waals surface area contributed by atoms with E-state index in [4.69, 9.17) is 5.84 Å². The summed E-state index contributed by atoms with van der Waals surface area (Å²) < 4.78 is 1.70. The van der Waals surface area contributed by atoms with Crippen LogP contribution in [0.5, 0.6) is 0 Å². The molecule has 0 atom stereocenters. The van der Waals surface area contributed by atoms with E-state index in [1.165, 1.54) is 12.4 Å². The maximum atomic E-state index is 11.8. The molecule has 0 saturated carbocycles. The fourth-order valence-corrected chi connectivity index (χ4v) is 1.43. The van der Waals surface area contributed by atoms with Crippen LogP contribution in [0.4, 0.5) is 5.82 Å². The highest BCUT2D eigenvalue weighted by molar-refractivity contribution is 5.92. The Kier molecular flexibility index (Phi) is 4.34. The molecular weight excluding hydrogens is 248 g/mol. The number of nitrogens with two attached hydrogens (primary N) is 1. The van der Waals surface area contributed by atoms with Gasteiger partial charge in [0.15, 0.2) is 5.82 Å². The summed E-state index contributed by atoms with van der Waals surface area (Å²) in [6.45, 7) is 1.21. The van der Waals surface area contributed by atoms with Crippen molar-refractivity contribution in [2.75, 3.05) is 12.0 Å². The predicted octanol–water partition coefficient (Wildman–Crippen LogP) is -0.826. The fourth-order valence-electron chi connectivity index (χ4n) is 1.43. The van der Waals surface area contributed by atoms with Crippen LogP contribution >= 0.6 is 0 Å². The number of nitrogens with zero attached hydrogens (tertiary/aromatic N) is 5. The molecule has 100 valence electrons. The monoisotopic (exact) mass is 262 g/mol. The van der Waals surface area contributed by atoms with Gasteiger partial charge >= 0.3 is 0 Å². The molecule has 0 aliphatic heterocycles. The number of nitrogens with one attached hydrogen (secondary N) is 2. The van der Waals surface area contributed by atoms with Crippen molar-refractivity contribution in [3.63, 3.8) is 0 Å². The van der Waals surface area contributed by atoms with Gasteiger partial charge in [0.1, 0.15) is 5.69 Å². The van der Waals surface area contributed by atoms with Crippen molar-refractivity contribution in [1.82, 2.24) is 30.3 Å². The number of hydrogen-bond donors (Lipinski definition) is 3. The first-order valence-corrected chi connectivity index (χ1v) is 5.70. The zero-order valence-corrected chi connectivity index (χ0v) is 10.2. The highest BCUT2D eigenvalue weighted by Gasteiger charge is 2.07. The topological polar surface area (TPSA) is 124 Å². The van der Waals surface area contributed by atoms with Crippen LogP contribution in [0, 0.1) is 0 Å². The van der Waals surface area contributed by atoms with E-state index in [-0.39, 0.29) is 11.6 Å². The Labute approximate surface area is 109 Å². The molecule has 2 aromatic rings. The van der Waals surface area contributed by atoms with Gasteiger partial charge in [-0.3, -0.25) is 14.5 Å². The van der Waals surface area contributed by atoms with Gasteiger partial charge in [0.25, 0.3) is 5.91 Å². The Hall–Kier alpha value is -2.55. The lowest BCUT2D eigenvalue weighted by Gasteiger charge is -2.05. The number of amides is 1. The Morgan fingerprint density at radius 2 is 2.32 bits per heavy atom. The third-order valence-corrected chi connectivity index (χ3v) is 2.34. The van der Waals surface area contributed by atoms with Gasteiger partial charge in [-0.2, -0.15) is 0 Å². The van der Waals surface area contributed by atoms with E-state index in [1.54, 1.807) is 17.1 Å². The highest BCUT2D eigenvalue weighted by atomic mass is 16.1. The minimum absolute atomic E-state index is 0.219. The summed E-state index contributed by atoms with van der Waals surface area (Å²) in [4.78, 5) is 19.6. The van der Waals surface area contributed by atoms with Crippen LogP contribution in [0.1, 0.15) is 16.9 Å². The largest absolute Gasteiger partial charge is 0.351 e. The lowest BCUT2D eigenvalue weighted by Crippen LogP contribution is -2.26. The molecule has 0 aliphatic rings. The Morgan fingerprint density at radius 1 is 1.42 bits per heavy atom. The number of carbonyl (C=O) groups excluding carboxylic acids is 1. The molecule has 0 aromatic carbocycles. The Balaban J connectivity index is 1.77. The zero-order valence-electron chi connectivity index (χ0n) is 10.2. The first-order chi connectivity index (χ1) is 9.29. The van der Waals surface area contributed by atoms with Crippen LogP contribution in [0.2, 0.25) is 0 Å².